The summed E-state index contributed by atoms with van der Waals surface area (Å²) in [6.07, 6.45) is -2.80. The molecule has 2 nitrogen and oxygen atoms in total. The smallest absolute Gasteiger partial charge is 0.240 e. The van der Waals surface area contributed by atoms with Crippen LogP contribution in [0.25, 0.3) is 0 Å². The topological polar surface area (TPSA) is 49.8 Å². The van der Waals surface area contributed by atoms with Crippen molar-refractivity contribution in [2.24, 2.45) is 5.73 Å². The van der Waals surface area contributed by atoms with E-state index in [0.717, 1.165) is 0 Å². The Balaban J connectivity index is 2.80. The first-order valence-electron chi connectivity index (χ1n) is 4.17. The second kappa shape index (κ2) is 4.68. The summed E-state index contributed by atoms with van der Waals surface area (Å²) >= 11 is 0. The van der Waals surface area contributed by atoms with E-state index in [1.807, 2.05) is 6.07 Å². The summed E-state index contributed by atoms with van der Waals surface area (Å²) in [5, 5.41) is 8.59. The minimum atomic E-state index is -2.42. The second-order valence-corrected chi connectivity index (χ2v) is 2.97. The minimum Gasteiger partial charge on any atom is -0.324 e. The first kappa shape index (κ1) is 10.6. The molecule has 2 N–H and O–H groups in total. The largest absolute Gasteiger partial charge is 0.324 e. The number of rotatable bonds is 3. The lowest BCUT2D eigenvalue weighted by Gasteiger charge is -2.10. The van der Waals surface area contributed by atoms with E-state index in [0.29, 0.717) is 11.1 Å². The average Bonchev–Trinajstić information content (AvgIpc) is 2.17. The lowest BCUT2D eigenvalue weighted by atomic mass is 10.0. The van der Waals surface area contributed by atoms with Crippen LogP contribution in [-0.4, -0.2) is 6.43 Å². The maximum absolute atomic E-state index is 12.0. The molecule has 0 fully saturated rings. The standard InChI is InChI=1S/C10H10F2N2/c11-10(12)5-9(14)8-3-1-2-7(4-8)6-13/h1-4,9-10H,5,14H2/t9-/m0/s1. The predicted octanol–water partition coefficient (Wildman–Crippen LogP) is 2.21. The normalized spacial score (nSPS) is 12.5. The second-order valence-electron chi connectivity index (χ2n) is 2.97. The van der Waals surface area contributed by atoms with Crippen LogP contribution in [0.1, 0.15) is 23.6 Å². The summed E-state index contributed by atoms with van der Waals surface area (Å²) in [5.41, 5.74) is 6.54. The van der Waals surface area contributed by atoms with Crippen molar-refractivity contribution in [1.29, 1.82) is 5.26 Å². The van der Waals surface area contributed by atoms with Gasteiger partial charge in [-0.2, -0.15) is 5.26 Å². The molecule has 0 amide bonds. The number of nitriles is 1. The highest BCUT2D eigenvalue weighted by Gasteiger charge is 2.12. The van der Waals surface area contributed by atoms with Crippen molar-refractivity contribution in [3.63, 3.8) is 0 Å². The molecule has 0 saturated carbocycles. The van der Waals surface area contributed by atoms with Gasteiger partial charge in [0.25, 0.3) is 0 Å². The maximum atomic E-state index is 12.0. The molecule has 0 aliphatic carbocycles. The van der Waals surface area contributed by atoms with Gasteiger partial charge >= 0.3 is 0 Å². The molecule has 1 aromatic carbocycles. The van der Waals surface area contributed by atoms with Gasteiger partial charge in [-0.1, -0.05) is 12.1 Å². The molecule has 0 aromatic heterocycles. The summed E-state index contributed by atoms with van der Waals surface area (Å²) in [7, 11) is 0. The Bertz CT molecular complexity index is 344. The van der Waals surface area contributed by atoms with E-state index in [2.05, 4.69) is 0 Å². The van der Waals surface area contributed by atoms with Crippen LogP contribution in [0, 0.1) is 11.3 Å². The number of nitrogens with two attached hydrogens (primary N) is 1. The third-order valence-electron chi connectivity index (χ3n) is 1.88. The van der Waals surface area contributed by atoms with Gasteiger partial charge < -0.3 is 5.73 Å². The number of alkyl halides is 2. The van der Waals surface area contributed by atoms with Gasteiger partial charge in [0.05, 0.1) is 11.6 Å². The van der Waals surface area contributed by atoms with Crippen molar-refractivity contribution in [3.05, 3.63) is 35.4 Å². The maximum Gasteiger partial charge on any atom is 0.240 e. The molecular formula is C10H10F2N2. The van der Waals surface area contributed by atoms with Gasteiger partial charge in [-0.15, -0.1) is 0 Å². The van der Waals surface area contributed by atoms with Crippen LogP contribution in [0.2, 0.25) is 0 Å². The zero-order chi connectivity index (χ0) is 10.6. The van der Waals surface area contributed by atoms with E-state index in [1.54, 1.807) is 18.2 Å². The molecule has 0 radical (unpaired) electrons. The molecule has 0 bridgehead atoms. The zero-order valence-electron chi connectivity index (χ0n) is 7.45. The number of halogens is 2. The molecule has 0 heterocycles. The number of nitrogens with zero attached hydrogens (tertiary/aromatic N) is 1. The molecule has 14 heavy (non-hydrogen) atoms. The van der Waals surface area contributed by atoms with Crippen molar-refractivity contribution in [3.8, 4) is 6.07 Å². The number of hydrogen-bond acceptors (Lipinski definition) is 2. The summed E-state index contributed by atoms with van der Waals surface area (Å²) in [6, 6.07) is 7.66. The van der Waals surface area contributed by atoms with E-state index in [-0.39, 0.29) is 6.42 Å². The quantitative estimate of drug-likeness (QED) is 0.805. The van der Waals surface area contributed by atoms with Crippen LogP contribution in [0.4, 0.5) is 8.78 Å². The van der Waals surface area contributed by atoms with Gasteiger partial charge in [-0.25, -0.2) is 8.78 Å². The summed E-state index contributed by atoms with van der Waals surface area (Å²) < 4.78 is 24.0. The fraction of sp³-hybridized carbons (Fsp3) is 0.300. The van der Waals surface area contributed by atoms with Gasteiger partial charge in [0.1, 0.15) is 0 Å². The molecule has 0 spiro atoms. The Kier molecular flexibility index (Phi) is 3.55. The Morgan fingerprint density at radius 3 is 2.71 bits per heavy atom. The van der Waals surface area contributed by atoms with Crippen molar-refractivity contribution in [2.45, 2.75) is 18.9 Å². The number of hydrogen-bond donors (Lipinski definition) is 1. The van der Waals surface area contributed by atoms with Gasteiger partial charge in [0, 0.05) is 12.5 Å². The van der Waals surface area contributed by atoms with Gasteiger partial charge in [0.2, 0.25) is 6.43 Å². The van der Waals surface area contributed by atoms with Gasteiger partial charge in [-0.05, 0) is 17.7 Å². The minimum absolute atomic E-state index is 0.380. The van der Waals surface area contributed by atoms with Crippen molar-refractivity contribution in [2.75, 3.05) is 0 Å². The Morgan fingerprint density at radius 1 is 1.43 bits per heavy atom. The lowest BCUT2D eigenvalue weighted by molar-refractivity contribution is 0.128. The van der Waals surface area contributed by atoms with Gasteiger partial charge in [0.15, 0.2) is 0 Å². The van der Waals surface area contributed by atoms with Crippen LogP contribution in [0.15, 0.2) is 24.3 Å². The summed E-state index contributed by atoms with van der Waals surface area (Å²) in [4.78, 5) is 0. The van der Waals surface area contributed by atoms with E-state index in [9.17, 15) is 8.78 Å². The molecular weight excluding hydrogens is 186 g/mol. The SMILES string of the molecule is N#Cc1cccc([C@@H](N)CC(F)F)c1. The summed E-state index contributed by atoms with van der Waals surface area (Å²) in [6.45, 7) is 0. The van der Waals surface area contributed by atoms with Crippen LogP contribution >= 0.6 is 0 Å². The molecule has 1 aromatic rings. The van der Waals surface area contributed by atoms with E-state index >= 15 is 0 Å². The molecule has 0 saturated heterocycles. The van der Waals surface area contributed by atoms with Crippen molar-refractivity contribution in [1.82, 2.24) is 0 Å². The van der Waals surface area contributed by atoms with Crippen LogP contribution in [0.5, 0.6) is 0 Å². The highest BCUT2D eigenvalue weighted by molar-refractivity contribution is 5.34. The first-order chi connectivity index (χ1) is 6.63. The predicted molar refractivity (Wildman–Crippen MR) is 48.7 cm³/mol. The van der Waals surface area contributed by atoms with E-state index in [1.165, 1.54) is 6.07 Å². The third-order valence-corrected chi connectivity index (χ3v) is 1.88. The van der Waals surface area contributed by atoms with Crippen LogP contribution in [0.3, 0.4) is 0 Å². The fourth-order valence-electron chi connectivity index (χ4n) is 1.17. The van der Waals surface area contributed by atoms with Crippen molar-refractivity contribution >= 4 is 0 Å². The highest BCUT2D eigenvalue weighted by atomic mass is 19.3. The lowest BCUT2D eigenvalue weighted by Crippen LogP contribution is -2.13. The van der Waals surface area contributed by atoms with Gasteiger partial charge in [-0.3, -0.25) is 0 Å². The zero-order valence-corrected chi connectivity index (χ0v) is 7.45. The highest BCUT2D eigenvalue weighted by Crippen LogP contribution is 2.18. The Labute approximate surface area is 81.0 Å². The molecule has 74 valence electrons. The Hall–Kier alpha value is -1.47. The summed E-state index contributed by atoms with van der Waals surface area (Å²) in [5.74, 6) is 0. The monoisotopic (exact) mass is 196 g/mol. The van der Waals surface area contributed by atoms with Crippen LogP contribution < -0.4 is 5.73 Å². The molecule has 0 aliphatic heterocycles. The fourth-order valence-corrected chi connectivity index (χ4v) is 1.17. The van der Waals surface area contributed by atoms with Crippen molar-refractivity contribution < 1.29 is 8.78 Å². The van der Waals surface area contributed by atoms with Crippen LogP contribution in [-0.2, 0) is 0 Å². The molecule has 1 atom stereocenters. The molecule has 0 aliphatic rings. The first-order valence-corrected chi connectivity index (χ1v) is 4.17. The number of benzene rings is 1. The molecule has 0 unspecified atom stereocenters. The average molecular weight is 196 g/mol. The molecule has 1 rings (SSSR count). The van der Waals surface area contributed by atoms with E-state index in [4.69, 9.17) is 11.0 Å². The third kappa shape index (κ3) is 2.79. The molecule has 4 heteroatoms. The Morgan fingerprint density at radius 2 is 2.14 bits per heavy atom. The van der Waals surface area contributed by atoms with E-state index < -0.39 is 12.5 Å².